The van der Waals surface area contributed by atoms with Gasteiger partial charge in [0.1, 0.15) is 5.82 Å². The molecular formula is C13H14BrN3. The number of halogens is 1. The SMILES string of the molecule is Cc1cnc(NCc2ccc(Br)cc2)c(N)c1. The topological polar surface area (TPSA) is 50.9 Å². The molecule has 2 rings (SSSR count). The van der Waals surface area contributed by atoms with Crippen LogP contribution in [0.25, 0.3) is 0 Å². The first-order valence-corrected chi connectivity index (χ1v) is 6.15. The van der Waals surface area contributed by atoms with Crippen LogP contribution in [0, 0.1) is 6.92 Å². The first-order chi connectivity index (χ1) is 8.15. The average molecular weight is 292 g/mol. The predicted molar refractivity (Wildman–Crippen MR) is 74.9 cm³/mol. The lowest BCUT2D eigenvalue weighted by molar-refractivity contribution is 1.11. The van der Waals surface area contributed by atoms with Gasteiger partial charge in [-0.15, -0.1) is 0 Å². The molecule has 2 aromatic rings. The minimum absolute atomic E-state index is 0.683. The number of benzene rings is 1. The van der Waals surface area contributed by atoms with Crippen LogP contribution in [-0.2, 0) is 6.54 Å². The van der Waals surface area contributed by atoms with E-state index in [0.29, 0.717) is 12.2 Å². The van der Waals surface area contributed by atoms with Crippen molar-refractivity contribution in [2.45, 2.75) is 13.5 Å². The summed E-state index contributed by atoms with van der Waals surface area (Å²) in [5.41, 5.74) is 8.82. The Kier molecular flexibility index (Phi) is 3.64. The van der Waals surface area contributed by atoms with E-state index in [1.54, 1.807) is 6.20 Å². The third-order valence-corrected chi connectivity index (χ3v) is 2.96. The molecule has 0 aliphatic heterocycles. The Morgan fingerprint density at radius 1 is 1.29 bits per heavy atom. The third kappa shape index (κ3) is 3.20. The molecule has 1 aromatic heterocycles. The van der Waals surface area contributed by atoms with E-state index in [2.05, 4.69) is 38.4 Å². The van der Waals surface area contributed by atoms with E-state index in [1.165, 1.54) is 5.56 Å². The molecule has 0 saturated heterocycles. The maximum Gasteiger partial charge on any atom is 0.149 e. The van der Waals surface area contributed by atoms with Crippen molar-refractivity contribution in [1.82, 2.24) is 4.98 Å². The fourth-order valence-electron chi connectivity index (χ4n) is 1.53. The summed E-state index contributed by atoms with van der Waals surface area (Å²) in [4.78, 5) is 4.27. The Morgan fingerprint density at radius 2 is 2.00 bits per heavy atom. The van der Waals surface area contributed by atoms with Crippen LogP contribution >= 0.6 is 15.9 Å². The Bertz CT molecular complexity index is 509. The van der Waals surface area contributed by atoms with Crippen molar-refractivity contribution in [2.24, 2.45) is 0 Å². The van der Waals surface area contributed by atoms with E-state index < -0.39 is 0 Å². The highest BCUT2D eigenvalue weighted by atomic mass is 79.9. The molecule has 1 aromatic carbocycles. The third-order valence-electron chi connectivity index (χ3n) is 2.43. The molecule has 0 unspecified atom stereocenters. The van der Waals surface area contributed by atoms with Crippen molar-refractivity contribution in [3.63, 3.8) is 0 Å². The van der Waals surface area contributed by atoms with Crippen molar-refractivity contribution in [3.8, 4) is 0 Å². The number of rotatable bonds is 3. The van der Waals surface area contributed by atoms with E-state index in [1.807, 2.05) is 25.1 Å². The summed E-state index contributed by atoms with van der Waals surface area (Å²) in [5.74, 6) is 0.735. The molecule has 0 atom stereocenters. The van der Waals surface area contributed by atoms with E-state index >= 15 is 0 Å². The van der Waals surface area contributed by atoms with Crippen molar-refractivity contribution in [1.29, 1.82) is 0 Å². The molecule has 0 amide bonds. The number of aromatic nitrogens is 1. The smallest absolute Gasteiger partial charge is 0.149 e. The summed E-state index contributed by atoms with van der Waals surface area (Å²) < 4.78 is 1.08. The number of anilines is 2. The monoisotopic (exact) mass is 291 g/mol. The van der Waals surface area contributed by atoms with Crippen molar-refractivity contribution in [3.05, 3.63) is 52.1 Å². The second kappa shape index (κ2) is 5.19. The molecule has 4 heteroatoms. The van der Waals surface area contributed by atoms with Crippen LogP contribution in [0.15, 0.2) is 41.0 Å². The average Bonchev–Trinajstić information content (AvgIpc) is 2.30. The molecule has 17 heavy (non-hydrogen) atoms. The first-order valence-electron chi connectivity index (χ1n) is 5.35. The van der Waals surface area contributed by atoms with Crippen LogP contribution < -0.4 is 11.1 Å². The van der Waals surface area contributed by atoms with Crippen LogP contribution in [0.3, 0.4) is 0 Å². The zero-order valence-corrected chi connectivity index (χ0v) is 11.2. The van der Waals surface area contributed by atoms with Crippen LogP contribution in [0.5, 0.6) is 0 Å². The lowest BCUT2D eigenvalue weighted by Gasteiger charge is -2.08. The van der Waals surface area contributed by atoms with Crippen LogP contribution in [0.1, 0.15) is 11.1 Å². The highest BCUT2D eigenvalue weighted by molar-refractivity contribution is 9.10. The number of nitrogens with one attached hydrogen (secondary N) is 1. The van der Waals surface area contributed by atoms with Crippen LogP contribution in [0.4, 0.5) is 11.5 Å². The summed E-state index contributed by atoms with van der Waals surface area (Å²) in [6, 6.07) is 10.1. The van der Waals surface area contributed by atoms with Crippen molar-refractivity contribution >= 4 is 27.4 Å². The van der Waals surface area contributed by atoms with E-state index in [0.717, 1.165) is 15.9 Å². The summed E-state index contributed by atoms with van der Waals surface area (Å²) >= 11 is 3.41. The summed E-state index contributed by atoms with van der Waals surface area (Å²) in [6.07, 6.45) is 1.81. The van der Waals surface area contributed by atoms with Gasteiger partial charge < -0.3 is 11.1 Å². The van der Waals surface area contributed by atoms with Gasteiger partial charge >= 0.3 is 0 Å². The zero-order chi connectivity index (χ0) is 12.3. The molecule has 0 spiro atoms. The number of aryl methyl sites for hydroxylation is 1. The number of hydrogen-bond donors (Lipinski definition) is 2. The molecule has 3 N–H and O–H groups in total. The quantitative estimate of drug-likeness (QED) is 0.912. The fourth-order valence-corrected chi connectivity index (χ4v) is 1.79. The van der Waals surface area contributed by atoms with Gasteiger partial charge in [0.05, 0.1) is 5.69 Å². The minimum atomic E-state index is 0.683. The van der Waals surface area contributed by atoms with E-state index in [9.17, 15) is 0 Å². The Morgan fingerprint density at radius 3 is 2.65 bits per heavy atom. The van der Waals surface area contributed by atoms with Gasteiger partial charge in [-0.3, -0.25) is 0 Å². The number of hydrogen-bond acceptors (Lipinski definition) is 3. The number of nitrogens with zero attached hydrogens (tertiary/aromatic N) is 1. The fraction of sp³-hybridized carbons (Fsp3) is 0.154. The highest BCUT2D eigenvalue weighted by Gasteiger charge is 2.00. The molecule has 0 saturated carbocycles. The van der Waals surface area contributed by atoms with Gasteiger partial charge in [0.15, 0.2) is 0 Å². The summed E-state index contributed by atoms with van der Waals surface area (Å²) in [7, 11) is 0. The Balaban J connectivity index is 2.04. The predicted octanol–water partition coefficient (Wildman–Crippen LogP) is 3.35. The normalized spacial score (nSPS) is 10.2. The maximum atomic E-state index is 5.88. The Hall–Kier alpha value is -1.55. The summed E-state index contributed by atoms with van der Waals surface area (Å²) in [5, 5.41) is 3.22. The Labute approximate surface area is 109 Å². The first kappa shape index (κ1) is 11.9. The molecule has 0 radical (unpaired) electrons. The highest BCUT2D eigenvalue weighted by Crippen LogP contribution is 2.17. The molecule has 0 aliphatic carbocycles. The van der Waals surface area contributed by atoms with Gasteiger partial charge in [-0.25, -0.2) is 4.98 Å². The van der Waals surface area contributed by atoms with Crippen molar-refractivity contribution in [2.75, 3.05) is 11.1 Å². The minimum Gasteiger partial charge on any atom is -0.396 e. The van der Waals surface area contributed by atoms with Gasteiger partial charge in [-0.05, 0) is 36.2 Å². The molecule has 0 fully saturated rings. The molecule has 0 bridgehead atoms. The van der Waals surface area contributed by atoms with Crippen LogP contribution in [0.2, 0.25) is 0 Å². The lowest BCUT2D eigenvalue weighted by atomic mass is 10.2. The lowest BCUT2D eigenvalue weighted by Crippen LogP contribution is -2.04. The molecule has 3 nitrogen and oxygen atoms in total. The zero-order valence-electron chi connectivity index (χ0n) is 9.57. The van der Waals surface area contributed by atoms with Gasteiger partial charge in [0.2, 0.25) is 0 Å². The van der Waals surface area contributed by atoms with Crippen LogP contribution in [-0.4, -0.2) is 4.98 Å². The second-order valence-corrected chi connectivity index (χ2v) is 4.85. The van der Waals surface area contributed by atoms with Gasteiger partial charge in [0, 0.05) is 17.2 Å². The number of nitrogens with two attached hydrogens (primary N) is 1. The number of pyridine rings is 1. The van der Waals surface area contributed by atoms with Gasteiger partial charge in [-0.2, -0.15) is 0 Å². The molecular weight excluding hydrogens is 278 g/mol. The second-order valence-electron chi connectivity index (χ2n) is 3.93. The largest absolute Gasteiger partial charge is 0.396 e. The van der Waals surface area contributed by atoms with Crippen molar-refractivity contribution < 1.29 is 0 Å². The van der Waals surface area contributed by atoms with E-state index in [-0.39, 0.29) is 0 Å². The number of nitrogen functional groups attached to an aromatic ring is 1. The van der Waals surface area contributed by atoms with Gasteiger partial charge in [0.25, 0.3) is 0 Å². The molecule has 0 aliphatic rings. The summed E-state index contributed by atoms with van der Waals surface area (Å²) in [6.45, 7) is 2.69. The van der Waals surface area contributed by atoms with E-state index in [4.69, 9.17) is 5.73 Å². The standard InChI is InChI=1S/C13H14BrN3/c1-9-6-12(15)13(16-7-9)17-8-10-2-4-11(14)5-3-10/h2-7H,8,15H2,1H3,(H,16,17). The maximum absolute atomic E-state index is 5.88. The van der Waals surface area contributed by atoms with Gasteiger partial charge in [-0.1, -0.05) is 28.1 Å². The molecule has 1 heterocycles. The molecule has 88 valence electrons.